The lowest BCUT2D eigenvalue weighted by molar-refractivity contribution is -0.136. The average Bonchev–Trinajstić information content (AvgIpc) is 2.86. The van der Waals surface area contributed by atoms with Crippen molar-refractivity contribution in [2.75, 3.05) is 7.11 Å². The summed E-state index contributed by atoms with van der Waals surface area (Å²) in [4.78, 5) is 11.5. The lowest BCUT2D eigenvalue weighted by Gasteiger charge is -2.32. The number of allylic oxidation sites excluding steroid dienone is 1. The summed E-state index contributed by atoms with van der Waals surface area (Å²) >= 11 is 0. The molecule has 0 spiro atoms. The zero-order chi connectivity index (χ0) is 27.2. The number of alkyl halides is 3. The van der Waals surface area contributed by atoms with Crippen LogP contribution in [0.2, 0.25) is 0 Å². The van der Waals surface area contributed by atoms with Crippen molar-refractivity contribution < 1.29 is 35.5 Å². The Bertz CT molecular complexity index is 1440. The minimum Gasteiger partial charge on any atom is -0.466 e. The molecule has 5 nitrogen and oxygen atoms in total. The van der Waals surface area contributed by atoms with E-state index in [1.165, 1.54) is 60.7 Å². The number of esters is 1. The topological polar surface area (TPSA) is 63.7 Å². The van der Waals surface area contributed by atoms with Crippen LogP contribution in [0.4, 0.5) is 17.6 Å². The van der Waals surface area contributed by atoms with Gasteiger partial charge in [-0.2, -0.15) is 13.2 Å². The number of hydrogen-bond donors (Lipinski definition) is 0. The molecule has 0 fully saturated rings. The normalized spacial score (nSPS) is 12.8. The van der Waals surface area contributed by atoms with Gasteiger partial charge in [-0.3, -0.25) is 0 Å². The highest BCUT2D eigenvalue weighted by molar-refractivity contribution is 7.89. The first kappa shape index (κ1) is 27.5. The third kappa shape index (κ3) is 6.77. The van der Waals surface area contributed by atoms with E-state index in [9.17, 15) is 30.8 Å². The van der Waals surface area contributed by atoms with E-state index in [-0.39, 0.29) is 21.5 Å². The molecule has 0 saturated heterocycles. The second kappa shape index (κ2) is 11.3. The van der Waals surface area contributed by atoms with Crippen molar-refractivity contribution in [3.05, 3.63) is 113 Å². The Morgan fingerprint density at radius 3 is 2.11 bits per heavy atom. The summed E-state index contributed by atoms with van der Waals surface area (Å²) in [6.45, 7) is 1.69. The Labute approximate surface area is 212 Å². The van der Waals surface area contributed by atoms with Gasteiger partial charge in [0.1, 0.15) is 17.6 Å². The number of methoxy groups -OCH3 is 1. The van der Waals surface area contributed by atoms with Crippen LogP contribution in [0.15, 0.2) is 95.5 Å². The van der Waals surface area contributed by atoms with Crippen LogP contribution in [0, 0.1) is 24.6 Å². The lowest BCUT2D eigenvalue weighted by Crippen LogP contribution is -2.40. The first-order valence-electron chi connectivity index (χ1n) is 10.7. The monoisotopic (exact) mass is 531 g/mol. The van der Waals surface area contributed by atoms with Gasteiger partial charge in [0.2, 0.25) is 0 Å². The molecule has 10 heteroatoms. The van der Waals surface area contributed by atoms with E-state index in [4.69, 9.17) is 0 Å². The molecule has 0 aliphatic carbocycles. The standard InChI is InChI=1S/C27H21F4NO4S/c1-19-8-15-23(16-9-19)37(34,35)32(25(27(29,30)31)18-26(33)36-2)24(21-6-4-3-5-7-21)17-12-20-10-13-22(28)14-11-20/h3-11,13-16,18,24H,1-2H3/b25-18+. The lowest BCUT2D eigenvalue weighted by atomic mass is 10.1. The molecular formula is C27H21F4NO4S. The van der Waals surface area contributed by atoms with Crippen molar-refractivity contribution in [1.82, 2.24) is 4.31 Å². The number of hydrogen-bond acceptors (Lipinski definition) is 4. The van der Waals surface area contributed by atoms with Gasteiger partial charge in [0.05, 0.1) is 18.1 Å². The van der Waals surface area contributed by atoms with Crippen molar-refractivity contribution in [1.29, 1.82) is 0 Å². The number of halogens is 4. The Kier molecular flexibility index (Phi) is 8.40. The van der Waals surface area contributed by atoms with Gasteiger partial charge in [-0.1, -0.05) is 59.9 Å². The molecule has 1 unspecified atom stereocenters. The zero-order valence-electron chi connectivity index (χ0n) is 19.7. The van der Waals surface area contributed by atoms with Crippen molar-refractivity contribution >= 4 is 16.0 Å². The predicted octanol–water partition coefficient (Wildman–Crippen LogP) is 5.54. The van der Waals surface area contributed by atoms with Crippen LogP contribution in [-0.4, -0.2) is 32.0 Å². The summed E-state index contributed by atoms with van der Waals surface area (Å²) in [6.07, 6.45) is -5.22. The molecule has 0 amide bonds. The van der Waals surface area contributed by atoms with Crippen molar-refractivity contribution in [2.24, 2.45) is 0 Å². The molecule has 37 heavy (non-hydrogen) atoms. The van der Waals surface area contributed by atoms with E-state index < -0.39 is 44.6 Å². The van der Waals surface area contributed by atoms with E-state index in [2.05, 4.69) is 16.6 Å². The molecule has 0 aliphatic rings. The van der Waals surface area contributed by atoms with Crippen LogP contribution < -0.4 is 0 Å². The molecule has 192 valence electrons. The van der Waals surface area contributed by atoms with Crippen LogP contribution in [-0.2, 0) is 19.6 Å². The number of benzene rings is 3. The van der Waals surface area contributed by atoms with Gasteiger partial charge >= 0.3 is 12.1 Å². The second-order valence-electron chi connectivity index (χ2n) is 7.75. The summed E-state index contributed by atoms with van der Waals surface area (Å²) in [7, 11) is -4.07. The molecule has 0 saturated carbocycles. The highest BCUT2D eigenvalue weighted by Gasteiger charge is 2.46. The van der Waals surface area contributed by atoms with Crippen LogP contribution in [0.5, 0.6) is 0 Å². The van der Waals surface area contributed by atoms with Crippen molar-refractivity contribution in [2.45, 2.75) is 24.0 Å². The molecule has 0 radical (unpaired) electrons. The van der Waals surface area contributed by atoms with Gasteiger partial charge in [-0.25, -0.2) is 21.9 Å². The Morgan fingerprint density at radius 1 is 0.973 bits per heavy atom. The van der Waals surface area contributed by atoms with Crippen LogP contribution in [0.3, 0.4) is 0 Å². The molecule has 0 bridgehead atoms. The summed E-state index contributed by atoms with van der Waals surface area (Å²) in [5.74, 6) is 3.25. The molecule has 3 aromatic carbocycles. The van der Waals surface area contributed by atoms with Gasteiger partial charge in [0.25, 0.3) is 10.0 Å². The molecule has 0 aromatic heterocycles. The third-order valence-corrected chi connectivity index (χ3v) is 6.90. The van der Waals surface area contributed by atoms with Gasteiger partial charge in [0.15, 0.2) is 0 Å². The summed E-state index contributed by atoms with van der Waals surface area (Å²) in [5, 5.41) is 0. The van der Waals surface area contributed by atoms with E-state index in [1.54, 1.807) is 13.0 Å². The fraction of sp³-hybridized carbons (Fsp3) is 0.148. The molecule has 3 rings (SSSR count). The van der Waals surface area contributed by atoms with Crippen LogP contribution in [0.25, 0.3) is 0 Å². The van der Waals surface area contributed by atoms with Crippen molar-refractivity contribution in [3.63, 3.8) is 0 Å². The number of carbonyl (C=O) groups is 1. The minimum atomic E-state index is -5.30. The number of nitrogens with zero attached hydrogens (tertiary/aromatic N) is 1. The quantitative estimate of drug-likeness (QED) is 0.182. The molecule has 0 aliphatic heterocycles. The Hall–Kier alpha value is -4.10. The maximum Gasteiger partial charge on any atom is 0.432 e. The maximum absolute atomic E-state index is 14.4. The number of sulfonamides is 1. The Balaban J connectivity index is 2.35. The first-order valence-corrected chi connectivity index (χ1v) is 12.2. The Morgan fingerprint density at radius 2 is 1.57 bits per heavy atom. The summed E-state index contributed by atoms with van der Waals surface area (Å²) < 4.78 is 88.5. The highest BCUT2D eigenvalue weighted by Crippen LogP contribution is 2.39. The van der Waals surface area contributed by atoms with Gasteiger partial charge in [-0.05, 0) is 48.9 Å². The van der Waals surface area contributed by atoms with E-state index in [0.717, 1.165) is 19.2 Å². The maximum atomic E-state index is 14.4. The van der Waals surface area contributed by atoms with E-state index in [0.29, 0.717) is 5.56 Å². The molecule has 1 atom stereocenters. The SMILES string of the molecule is COC(=O)/C=C(/N(C(C#Cc1ccc(F)cc1)c1ccccc1)S(=O)(=O)c1ccc(C)cc1)C(F)(F)F. The molecule has 0 heterocycles. The highest BCUT2D eigenvalue weighted by atomic mass is 32.2. The fourth-order valence-electron chi connectivity index (χ4n) is 3.27. The minimum absolute atomic E-state index is 0.0699. The van der Waals surface area contributed by atoms with E-state index >= 15 is 0 Å². The van der Waals surface area contributed by atoms with Crippen LogP contribution >= 0.6 is 0 Å². The van der Waals surface area contributed by atoms with Gasteiger partial charge in [-0.15, -0.1) is 0 Å². The number of aryl methyl sites for hydroxylation is 1. The predicted molar refractivity (Wildman–Crippen MR) is 129 cm³/mol. The zero-order valence-corrected chi connectivity index (χ0v) is 20.5. The summed E-state index contributed by atoms with van der Waals surface area (Å²) in [5.41, 5.74) is -0.766. The molecular weight excluding hydrogens is 510 g/mol. The van der Waals surface area contributed by atoms with Gasteiger partial charge < -0.3 is 4.74 Å². The van der Waals surface area contributed by atoms with E-state index in [1.807, 2.05) is 0 Å². The molecule has 3 aromatic rings. The molecule has 0 N–H and O–H groups in total. The smallest absolute Gasteiger partial charge is 0.432 e. The third-order valence-electron chi connectivity index (χ3n) is 5.11. The fourth-order valence-corrected chi connectivity index (χ4v) is 4.84. The summed E-state index contributed by atoms with van der Waals surface area (Å²) in [6, 6.07) is 15.7. The average molecular weight is 532 g/mol. The number of ether oxygens (including phenoxy) is 1. The number of carbonyl (C=O) groups excluding carboxylic acids is 1. The van der Waals surface area contributed by atoms with Crippen LogP contribution in [0.1, 0.15) is 22.7 Å². The first-order chi connectivity index (χ1) is 17.4. The largest absolute Gasteiger partial charge is 0.466 e. The van der Waals surface area contributed by atoms with Crippen molar-refractivity contribution in [3.8, 4) is 11.8 Å². The number of rotatable bonds is 6. The second-order valence-corrected chi connectivity index (χ2v) is 9.57. The van der Waals surface area contributed by atoms with Gasteiger partial charge in [0, 0.05) is 5.56 Å².